The summed E-state index contributed by atoms with van der Waals surface area (Å²) >= 11 is 0. The monoisotopic (exact) mass is 519 g/mol. The smallest absolute Gasteiger partial charge is 0.381 e. The van der Waals surface area contributed by atoms with Crippen LogP contribution in [0.1, 0.15) is 72.2 Å². The fourth-order valence-corrected chi connectivity index (χ4v) is 5.50. The first-order valence-corrected chi connectivity index (χ1v) is 12.6. The Morgan fingerprint density at radius 2 is 1.89 bits per heavy atom. The molecule has 1 aromatic carbocycles. The minimum Gasteiger partial charge on any atom is -0.381 e. The fourth-order valence-electron chi connectivity index (χ4n) is 5.50. The summed E-state index contributed by atoms with van der Waals surface area (Å²) < 4.78 is 59.3. The van der Waals surface area contributed by atoms with Crippen molar-refractivity contribution in [2.75, 3.05) is 13.2 Å². The molecular weight excluding hydrogens is 490 g/mol. The largest absolute Gasteiger partial charge is 0.416 e. The van der Waals surface area contributed by atoms with Gasteiger partial charge in [0.2, 0.25) is 5.91 Å². The third kappa shape index (κ3) is 4.83. The molecular formula is C27H29F4N3O3. The summed E-state index contributed by atoms with van der Waals surface area (Å²) in [5, 5.41) is 2.86. The number of nitrogens with zero attached hydrogens (tertiary/aromatic N) is 2. The molecule has 198 valence electrons. The van der Waals surface area contributed by atoms with Crippen molar-refractivity contribution in [3.05, 3.63) is 64.7 Å². The second-order valence-corrected chi connectivity index (χ2v) is 10.5. The van der Waals surface area contributed by atoms with Crippen LogP contribution in [0.4, 0.5) is 17.6 Å². The number of benzene rings is 1. The van der Waals surface area contributed by atoms with E-state index in [4.69, 9.17) is 4.74 Å². The van der Waals surface area contributed by atoms with Crippen LogP contribution in [0, 0.1) is 17.7 Å². The van der Waals surface area contributed by atoms with Gasteiger partial charge in [-0.05, 0) is 55.4 Å². The molecule has 37 heavy (non-hydrogen) atoms. The van der Waals surface area contributed by atoms with Crippen molar-refractivity contribution in [2.24, 2.45) is 11.8 Å². The molecule has 3 aliphatic rings. The zero-order valence-corrected chi connectivity index (χ0v) is 20.6. The van der Waals surface area contributed by atoms with E-state index in [1.165, 1.54) is 0 Å². The highest BCUT2D eigenvalue weighted by Crippen LogP contribution is 2.45. The summed E-state index contributed by atoms with van der Waals surface area (Å²) in [5.74, 6) is -1.67. The van der Waals surface area contributed by atoms with E-state index in [-0.39, 0.29) is 48.5 Å². The molecule has 10 heteroatoms. The molecule has 1 aromatic heterocycles. The molecule has 3 heterocycles. The van der Waals surface area contributed by atoms with Crippen LogP contribution in [0.5, 0.6) is 0 Å². The van der Waals surface area contributed by atoms with Crippen LogP contribution < -0.4 is 5.32 Å². The van der Waals surface area contributed by atoms with Gasteiger partial charge in [0, 0.05) is 35.0 Å². The Labute approximate surface area is 212 Å². The lowest BCUT2D eigenvalue weighted by Crippen LogP contribution is -2.53. The third-order valence-electron chi connectivity index (χ3n) is 7.85. The fraction of sp³-hybridized carbons (Fsp3) is 0.519. The minimum absolute atomic E-state index is 0.0239. The van der Waals surface area contributed by atoms with E-state index in [2.05, 4.69) is 10.3 Å². The van der Waals surface area contributed by atoms with Crippen LogP contribution in [0.3, 0.4) is 0 Å². The molecule has 0 radical (unpaired) electrons. The maximum Gasteiger partial charge on any atom is 0.416 e. The molecule has 2 saturated heterocycles. The van der Waals surface area contributed by atoms with Gasteiger partial charge in [-0.3, -0.25) is 14.6 Å². The molecule has 2 aromatic rings. The quantitative estimate of drug-likeness (QED) is 0.554. The van der Waals surface area contributed by atoms with Gasteiger partial charge in [0.25, 0.3) is 5.91 Å². The summed E-state index contributed by atoms with van der Waals surface area (Å²) in [6, 6.07) is 4.07. The SMILES string of the molecule is CC(C)c1cc(C(=O)N2[C@@H](C(=O)N[C@@H](c3ccc(C(F)(F)F)cc3F)C3COC3)C[C@H]3CC[C@H]32)ccn1. The van der Waals surface area contributed by atoms with E-state index >= 15 is 0 Å². The van der Waals surface area contributed by atoms with E-state index in [0.717, 1.165) is 30.7 Å². The molecule has 0 spiro atoms. The van der Waals surface area contributed by atoms with E-state index in [1.807, 2.05) is 13.8 Å². The van der Waals surface area contributed by atoms with Gasteiger partial charge in [-0.1, -0.05) is 19.9 Å². The van der Waals surface area contributed by atoms with Crippen molar-refractivity contribution in [3.63, 3.8) is 0 Å². The zero-order valence-electron chi connectivity index (χ0n) is 20.6. The first-order valence-electron chi connectivity index (χ1n) is 12.6. The number of ether oxygens (including phenoxy) is 1. The number of likely N-dealkylation sites (tertiary alicyclic amines) is 1. The first-order chi connectivity index (χ1) is 17.5. The number of alkyl halides is 3. The summed E-state index contributed by atoms with van der Waals surface area (Å²) in [5.41, 5.74) is 0.121. The van der Waals surface area contributed by atoms with Gasteiger partial charge in [-0.2, -0.15) is 13.2 Å². The second-order valence-electron chi connectivity index (χ2n) is 10.5. The summed E-state index contributed by atoms with van der Waals surface area (Å²) in [6.07, 6.45) is -0.876. The summed E-state index contributed by atoms with van der Waals surface area (Å²) in [6.45, 7) is 4.46. The van der Waals surface area contributed by atoms with Crippen LogP contribution in [-0.2, 0) is 15.7 Å². The van der Waals surface area contributed by atoms with Crippen LogP contribution in [0.25, 0.3) is 0 Å². The number of aromatic nitrogens is 1. The van der Waals surface area contributed by atoms with Crippen LogP contribution in [0.15, 0.2) is 36.5 Å². The molecule has 5 rings (SSSR count). The second kappa shape index (κ2) is 9.70. The van der Waals surface area contributed by atoms with E-state index in [9.17, 15) is 27.2 Å². The van der Waals surface area contributed by atoms with Gasteiger partial charge in [0.1, 0.15) is 11.9 Å². The molecule has 1 aliphatic carbocycles. The molecule has 6 nitrogen and oxygen atoms in total. The number of hydrogen-bond acceptors (Lipinski definition) is 4. The number of amides is 2. The average molecular weight is 520 g/mol. The van der Waals surface area contributed by atoms with Crippen LogP contribution >= 0.6 is 0 Å². The third-order valence-corrected chi connectivity index (χ3v) is 7.85. The Balaban J connectivity index is 1.40. The summed E-state index contributed by atoms with van der Waals surface area (Å²) in [7, 11) is 0. The highest BCUT2D eigenvalue weighted by Gasteiger charge is 2.51. The number of carbonyl (C=O) groups is 2. The molecule has 0 unspecified atom stereocenters. The Morgan fingerprint density at radius 1 is 1.14 bits per heavy atom. The van der Waals surface area contributed by atoms with Crippen molar-refractivity contribution in [1.29, 1.82) is 0 Å². The van der Waals surface area contributed by atoms with Crippen LogP contribution in [0.2, 0.25) is 0 Å². The molecule has 3 fully saturated rings. The number of fused-ring (bicyclic) bond motifs is 1. The van der Waals surface area contributed by atoms with Crippen molar-refractivity contribution in [2.45, 2.75) is 63.3 Å². The molecule has 1 N–H and O–H groups in total. The zero-order chi connectivity index (χ0) is 26.5. The lowest BCUT2D eigenvalue weighted by Gasteiger charge is -2.38. The van der Waals surface area contributed by atoms with Crippen molar-refractivity contribution < 1.29 is 31.9 Å². The van der Waals surface area contributed by atoms with Crippen molar-refractivity contribution in [3.8, 4) is 0 Å². The number of carbonyl (C=O) groups excluding carboxylic acids is 2. The lowest BCUT2D eigenvalue weighted by atomic mass is 9.80. The predicted molar refractivity (Wildman–Crippen MR) is 126 cm³/mol. The topological polar surface area (TPSA) is 71.5 Å². The normalized spacial score (nSPS) is 24.3. The number of pyridine rings is 1. The highest BCUT2D eigenvalue weighted by atomic mass is 19.4. The first kappa shape index (κ1) is 25.6. The van der Waals surface area contributed by atoms with Crippen molar-refractivity contribution in [1.82, 2.24) is 15.2 Å². The summed E-state index contributed by atoms with van der Waals surface area (Å²) in [4.78, 5) is 33.2. The molecule has 1 saturated carbocycles. The number of nitrogens with one attached hydrogen (secondary N) is 1. The minimum atomic E-state index is -4.68. The van der Waals surface area contributed by atoms with Gasteiger partial charge < -0.3 is 15.0 Å². The molecule has 2 aliphatic heterocycles. The Hall–Kier alpha value is -3.01. The molecule has 4 atom stereocenters. The number of hydrogen-bond donors (Lipinski definition) is 1. The Bertz CT molecular complexity index is 1200. The van der Waals surface area contributed by atoms with E-state index in [0.29, 0.717) is 18.1 Å². The van der Waals surface area contributed by atoms with Gasteiger partial charge in [0.15, 0.2) is 0 Å². The maximum atomic E-state index is 14.9. The van der Waals surface area contributed by atoms with Gasteiger partial charge in [0.05, 0.1) is 24.8 Å². The van der Waals surface area contributed by atoms with E-state index < -0.39 is 35.5 Å². The highest BCUT2D eigenvalue weighted by molar-refractivity contribution is 5.98. The predicted octanol–water partition coefficient (Wildman–Crippen LogP) is 4.86. The Kier molecular flexibility index (Phi) is 6.72. The molecule has 2 amide bonds. The maximum absolute atomic E-state index is 14.9. The lowest BCUT2D eigenvalue weighted by molar-refractivity contribution is -0.138. The van der Waals surface area contributed by atoms with Gasteiger partial charge in [-0.25, -0.2) is 4.39 Å². The Morgan fingerprint density at radius 3 is 2.46 bits per heavy atom. The van der Waals surface area contributed by atoms with Gasteiger partial charge >= 0.3 is 6.18 Å². The molecule has 0 bridgehead atoms. The number of halogens is 4. The van der Waals surface area contributed by atoms with E-state index in [1.54, 1.807) is 23.2 Å². The van der Waals surface area contributed by atoms with Crippen molar-refractivity contribution >= 4 is 11.8 Å². The van der Waals surface area contributed by atoms with Crippen LogP contribution in [-0.4, -0.2) is 47.0 Å². The number of rotatable bonds is 6. The standard InChI is InChI=1S/C27H29F4N3O3/c1-14(2)21-9-16(7-8-32-21)26(36)34-22-6-3-15(22)10-23(34)25(35)33-24(17-12-37-13-17)19-5-4-18(11-20(19)28)27(29,30)31/h4-5,7-9,11,14-15,17,22-24H,3,6,10,12-13H2,1-2H3,(H,33,35)/t15-,22-,23-,24-/m1/s1. The average Bonchev–Trinajstić information content (AvgIpc) is 3.06. The van der Waals surface area contributed by atoms with Gasteiger partial charge in [-0.15, -0.1) is 0 Å².